The highest BCUT2D eigenvalue weighted by Crippen LogP contribution is 2.30. The molecular weight excluding hydrogens is 212 g/mol. The van der Waals surface area contributed by atoms with Gasteiger partial charge in [-0.05, 0) is 19.8 Å². The third-order valence-corrected chi connectivity index (χ3v) is 4.45. The molecule has 1 N–H and O–H groups in total. The van der Waals surface area contributed by atoms with Crippen LogP contribution < -0.4 is 0 Å². The van der Waals surface area contributed by atoms with Gasteiger partial charge in [0.2, 0.25) is 0 Å². The van der Waals surface area contributed by atoms with Crippen molar-refractivity contribution >= 4 is 17.7 Å². The van der Waals surface area contributed by atoms with Crippen LogP contribution >= 0.6 is 11.8 Å². The molecule has 1 aliphatic carbocycles. The first kappa shape index (κ1) is 12.8. The third kappa shape index (κ3) is 4.03. The number of esters is 1. The van der Waals surface area contributed by atoms with Crippen LogP contribution in [0, 0.1) is 0 Å². The van der Waals surface area contributed by atoms with Crippen molar-refractivity contribution in [1.82, 2.24) is 0 Å². The van der Waals surface area contributed by atoms with Crippen molar-refractivity contribution < 1.29 is 14.6 Å². The van der Waals surface area contributed by atoms with Gasteiger partial charge in [0.25, 0.3) is 0 Å². The van der Waals surface area contributed by atoms with Crippen molar-refractivity contribution in [3.8, 4) is 0 Å². The van der Waals surface area contributed by atoms with Crippen molar-refractivity contribution in [2.45, 2.75) is 49.9 Å². The van der Waals surface area contributed by atoms with Gasteiger partial charge < -0.3 is 9.84 Å². The van der Waals surface area contributed by atoms with Gasteiger partial charge in [0.05, 0.1) is 7.11 Å². The lowest BCUT2D eigenvalue weighted by Gasteiger charge is -2.25. The Morgan fingerprint density at radius 3 is 2.60 bits per heavy atom. The molecule has 0 spiro atoms. The van der Waals surface area contributed by atoms with E-state index >= 15 is 0 Å². The normalized spacial score (nSPS) is 22.1. The summed E-state index contributed by atoms with van der Waals surface area (Å²) >= 11 is 1.70. The molecule has 15 heavy (non-hydrogen) atoms. The second kappa shape index (κ2) is 5.75. The Labute approximate surface area is 95.6 Å². The number of methoxy groups -OCH3 is 1. The fraction of sp³-hybridized carbons (Fsp3) is 0.909. The summed E-state index contributed by atoms with van der Waals surface area (Å²) in [6.07, 6.45) is 6.30. The van der Waals surface area contributed by atoms with Crippen LogP contribution in [-0.4, -0.2) is 34.8 Å². The Balaban J connectivity index is 2.31. The lowest BCUT2D eigenvalue weighted by molar-refractivity contribution is -0.158. The number of carbonyl (C=O) groups excluding carboxylic acids is 1. The molecule has 88 valence electrons. The maximum atomic E-state index is 11.2. The molecule has 0 aromatic carbocycles. The molecule has 1 fully saturated rings. The summed E-state index contributed by atoms with van der Waals surface area (Å²) < 4.78 is 4.55. The summed E-state index contributed by atoms with van der Waals surface area (Å²) in [4.78, 5) is 11.2. The fourth-order valence-electron chi connectivity index (χ4n) is 1.79. The maximum absolute atomic E-state index is 11.2. The molecule has 1 saturated carbocycles. The molecule has 0 heterocycles. The predicted octanol–water partition coefficient (Wildman–Crippen LogP) is 1.98. The van der Waals surface area contributed by atoms with Crippen LogP contribution in [0.3, 0.4) is 0 Å². The van der Waals surface area contributed by atoms with Gasteiger partial charge in [-0.3, -0.25) is 0 Å². The lowest BCUT2D eigenvalue weighted by Crippen LogP contribution is -2.39. The van der Waals surface area contributed by atoms with Crippen LogP contribution in [0.25, 0.3) is 0 Å². The van der Waals surface area contributed by atoms with Crippen LogP contribution in [0.2, 0.25) is 0 Å². The van der Waals surface area contributed by atoms with Gasteiger partial charge in [-0.15, -0.1) is 0 Å². The molecule has 0 bridgehead atoms. The monoisotopic (exact) mass is 232 g/mol. The molecule has 1 unspecified atom stereocenters. The molecule has 4 heteroatoms. The van der Waals surface area contributed by atoms with E-state index in [0.29, 0.717) is 11.0 Å². The Bertz CT molecular complexity index is 210. The van der Waals surface area contributed by atoms with E-state index in [-0.39, 0.29) is 0 Å². The SMILES string of the molecule is COC(=O)C(C)(O)CSC1CCCCC1. The number of thioether (sulfide) groups is 1. The number of carbonyl (C=O) groups is 1. The number of hydrogen-bond acceptors (Lipinski definition) is 4. The Morgan fingerprint density at radius 2 is 2.07 bits per heavy atom. The summed E-state index contributed by atoms with van der Waals surface area (Å²) in [5.74, 6) is -0.101. The molecule has 3 nitrogen and oxygen atoms in total. The second-order valence-electron chi connectivity index (χ2n) is 4.34. The van der Waals surface area contributed by atoms with E-state index in [1.807, 2.05) is 0 Å². The number of rotatable bonds is 4. The van der Waals surface area contributed by atoms with Gasteiger partial charge in [0.15, 0.2) is 5.60 Å². The highest BCUT2D eigenvalue weighted by atomic mass is 32.2. The van der Waals surface area contributed by atoms with Gasteiger partial charge in [0, 0.05) is 11.0 Å². The molecular formula is C11H20O3S. The molecule has 1 aliphatic rings. The Kier molecular flexibility index (Phi) is 4.93. The zero-order chi connectivity index (χ0) is 11.3. The van der Waals surface area contributed by atoms with Gasteiger partial charge in [-0.1, -0.05) is 19.3 Å². The second-order valence-corrected chi connectivity index (χ2v) is 5.63. The zero-order valence-electron chi connectivity index (χ0n) is 9.49. The average Bonchev–Trinajstić information content (AvgIpc) is 2.27. The molecule has 0 aliphatic heterocycles. The van der Waals surface area contributed by atoms with Gasteiger partial charge in [-0.2, -0.15) is 11.8 Å². The van der Waals surface area contributed by atoms with E-state index in [1.165, 1.54) is 46.1 Å². The molecule has 0 radical (unpaired) electrons. The smallest absolute Gasteiger partial charge is 0.338 e. The highest BCUT2D eigenvalue weighted by molar-refractivity contribution is 8.00. The topological polar surface area (TPSA) is 46.5 Å². The van der Waals surface area contributed by atoms with Crippen LogP contribution in [0.1, 0.15) is 39.0 Å². The minimum absolute atomic E-state index is 0.435. The number of aliphatic hydroxyl groups is 1. The highest BCUT2D eigenvalue weighted by Gasteiger charge is 2.32. The lowest BCUT2D eigenvalue weighted by atomic mass is 10.0. The zero-order valence-corrected chi connectivity index (χ0v) is 10.3. The van der Waals surface area contributed by atoms with E-state index in [0.717, 1.165) is 0 Å². The maximum Gasteiger partial charge on any atom is 0.338 e. The summed E-state index contributed by atoms with van der Waals surface area (Å²) in [5, 5.41) is 10.4. The minimum Gasteiger partial charge on any atom is -0.467 e. The predicted molar refractivity (Wildman–Crippen MR) is 62.0 cm³/mol. The molecule has 0 saturated heterocycles. The number of hydrogen-bond donors (Lipinski definition) is 1. The van der Waals surface area contributed by atoms with Crippen molar-refractivity contribution in [3.63, 3.8) is 0 Å². The van der Waals surface area contributed by atoms with Crippen molar-refractivity contribution in [3.05, 3.63) is 0 Å². The summed E-state index contributed by atoms with van der Waals surface area (Å²) in [7, 11) is 1.31. The minimum atomic E-state index is -1.34. The average molecular weight is 232 g/mol. The van der Waals surface area contributed by atoms with Crippen molar-refractivity contribution in [2.24, 2.45) is 0 Å². The van der Waals surface area contributed by atoms with E-state index in [1.54, 1.807) is 11.8 Å². The third-order valence-electron chi connectivity index (χ3n) is 2.78. The molecule has 1 atom stereocenters. The molecule has 1 rings (SSSR count). The summed E-state index contributed by atoms with van der Waals surface area (Å²) in [6, 6.07) is 0. The molecule has 0 aromatic heterocycles. The first-order chi connectivity index (χ1) is 7.06. The summed E-state index contributed by atoms with van der Waals surface area (Å²) in [6.45, 7) is 1.52. The standard InChI is InChI=1S/C11H20O3S/c1-11(13,10(12)14-2)8-15-9-6-4-3-5-7-9/h9,13H,3-8H2,1-2H3. The van der Waals surface area contributed by atoms with Gasteiger partial charge in [0.1, 0.15) is 0 Å². The number of ether oxygens (including phenoxy) is 1. The largest absolute Gasteiger partial charge is 0.467 e. The Morgan fingerprint density at radius 1 is 1.47 bits per heavy atom. The first-order valence-corrected chi connectivity index (χ1v) is 6.53. The quantitative estimate of drug-likeness (QED) is 0.753. The van der Waals surface area contributed by atoms with Gasteiger partial charge in [-0.25, -0.2) is 4.79 Å². The van der Waals surface area contributed by atoms with Crippen LogP contribution in [-0.2, 0) is 9.53 Å². The van der Waals surface area contributed by atoms with Crippen molar-refractivity contribution in [2.75, 3.05) is 12.9 Å². The van der Waals surface area contributed by atoms with Crippen LogP contribution in [0.15, 0.2) is 0 Å². The first-order valence-electron chi connectivity index (χ1n) is 5.48. The van der Waals surface area contributed by atoms with E-state index in [4.69, 9.17) is 0 Å². The van der Waals surface area contributed by atoms with Crippen LogP contribution in [0.5, 0.6) is 0 Å². The van der Waals surface area contributed by atoms with E-state index in [2.05, 4.69) is 4.74 Å². The van der Waals surface area contributed by atoms with E-state index < -0.39 is 11.6 Å². The fourth-order valence-corrected chi connectivity index (χ4v) is 3.14. The molecule has 0 amide bonds. The van der Waals surface area contributed by atoms with Crippen LogP contribution in [0.4, 0.5) is 0 Å². The van der Waals surface area contributed by atoms with Gasteiger partial charge >= 0.3 is 5.97 Å². The Hall–Kier alpha value is -0.220. The molecule has 0 aromatic rings. The summed E-state index contributed by atoms with van der Waals surface area (Å²) in [5.41, 5.74) is -1.34. The van der Waals surface area contributed by atoms with E-state index in [9.17, 15) is 9.90 Å². The van der Waals surface area contributed by atoms with Crippen molar-refractivity contribution in [1.29, 1.82) is 0 Å².